The normalized spacial score (nSPS) is 21.5. The van der Waals surface area contributed by atoms with Crippen LogP contribution in [0, 0.1) is 0 Å². The third kappa shape index (κ3) is 8.15. The van der Waals surface area contributed by atoms with Crippen molar-refractivity contribution >= 4 is 15.7 Å². The molecule has 0 bridgehead atoms. The molecule has 104 valence electrons. The molecule has 0 aromatic heterocycles. The van der Waals surface area contributed by atoms with Gasteiger partial charge in [-0.05, 0) is 13.3 Å². The first-order valence-corrected chi connectivity index (χ1v) is 7.84. The van der Waals surface area contributed by atoms with Gasteiger partial charge < -0.3 is 10.1 Å². The van der Waals surface area contributed by atoms with E-state index in [4.69, 9.17) is 4.74 Å². The van der Waals surface area contributed by atoms with Crippen molar-refractivity contribution in [2.45, 2.75) is 39.7 Å². The predicted octanol–water partition coefficient (Wildman–Crippen LogP) is 0.989. The Balaban J connectivity index is 0. The topological polar surface area (TPSA) is 72.5 Å². The van der Waals surface area contributed by atoms with Gasteiger partial charge in [-0.2, -0.15) is 0 Å². The third-order valence-corrected chi connectivity index (χ3v) is 3.80. The van der Waals surface area contributed by atoms with E-state index in [-0.39, 0.29) is 31.5 Å². The fraction of sp³-hybridized carbons (Fsp3) is 0.909. The van der Waals surface area contributed by atoms with Crippen LogP contribution in [0.15, 0.2) is 0 Å². The number of hydrogen-bond donors (Lipinski definition) is 1. The number of nitrogens with one attached hydrogen (secondary N) is 1. The van der Waals surface area contributed by atoms with Crippen molar-refractivity contribution in [2.24, 2.45) is 0 Å². The molecule has 1 saturated heterocycles. The zero-order valence-corrected chi connectivity index (χ0v) is 11.7. The molecule has 0 aromatic carbocycles. The predicted molar refractivity (Wildman–Crippen MR) is 69.8 cm³/mol. The lowest BCUT2D eigenvalue weighted by atomic mass is 10.2. The summed E-state index contributed by atoms with van der Waals surface area (Å²) in [7, 11) is -2.92. The Morgan fingerprint density at radius 2 is 2.00 bits per heavy atom. The second-order valence-corrected chi connectivity index (χ2v) is 6.24. The SMILES string of the molecule is CCC.CCOCC(=O)NC1CCS(=O)(=O)C1.[HH]. The van der Waals surface area contributed by atoms with E-state index in [0.717, 1.165) is 0 Å². The number of sulfone groups is 1. The molecule has 1 amide bonds. The molecule has 1 aliphatic rings. The summed E-state index contributed by atoms with van der Waals surface area (Å²) in [6, 6.07) is -0.229. The smallest absolute Gasteiger partial charge is 0.246 e. The molecule has 1 unspecified atom stereocenters. The van der Waals surface area contributed by atoms with Crippen LogP contribution in [0.1, 0.15) is 35.0 Å². The number of amides is 1. The minimum Gasteiger partial charge on any atom is -0.372 e. The van der Waals surface area contributed by atoms with Crippen molar-refractivity contribution in [3.05, 3.63) is 0 Å². The monoisotopic (exact) mass is 267 g/mol. The number of ether oxygens (including phenoxy) is 1. The summed E-state index contributed by atoms with van der Waals surface area (Å²) in [5.41, 5.74) is 0. The second kappa shape index (κ2) is 8.47. The van der Waals surface area contributed by atoms with Crippen LogP contribution in [0.25, 0.3) is 0 Å². The Bertz CT molecular complexity index is 319. The van der Waals surface area contributed by atoms with Crippen molar-refractivity contribution in [3.63, 3.8) is 0 Å². The quantitative estimate of drug-likeness (QED) is 0.824. The summed E-state index contributed by atoms with van der Waals surface area (Å²) in [4.78, 5) is 11.1. The van der Waals surface area contributed by atoms with Gasteiger partial charge in [0.2, 0.25) is 5.91 Å². The Morgan fingerprint density at radius 3 is 2.41 bits per heavy atom. The van der Waals surface area contributed by atoms with Crippen LogP contribution in [0.2, 0.25) is 0 Å². The Kier molecular flexibility index (Phi) is 8.16. The van der Waals surface area contributed by atoms with Gasteiger partial charge in [0.25, 0.3) is 0 Å². The zero-order valence-electron chi connectivity index (χ0n) is 10.9. The average molecular weight is 267 g/mol. The summed E-state index contributed by atoms with van der Waals surface area (Å²) >= 11 is 0. The first kappa shape index (κ1) is 16.4. The molecule has 0 aliphatic carbocycles. The molecular weight excluding hydrogens is 242 g/mol. The highest BCUT2D eigenvalue weighted by Gasteiger charge is 2.28. The molecule has 1 N–H and O–H groups in total. The fourth-order valence-electron chi connectivity index (χ4n) is 1.37. The van der Waals surface area contributed by atoms with Crippen molar-refractivity contribution < 1.29 is 19.4 Å². The summed E-state index contributed by atoms with van der Waals surface area (Å²) in [5.74, 6) is -0.00813. The average Bonchev–Trinajstić information content (AvgIpc) is 2.56. The first-order valence-electron chi connectivity index (χ1n) is 6.02. The van der Waals surface area contributed by atoms with Crippen LogP contribution in [-0.2, 0) is 19.4 Å². The van der Waals surface area contributed by atoms with Crippen LogP contribution in [0.3, 0.4) is 0 Å². The van der Waals surface area contributed by atoms with E-state index in [0.29, 0.717) is 13.0 Å². The third-order valence-electron chi connectivity index (χ3n) is 2.03. The van der Waals surface area contributed by atoms with E-state index in [1.54, 1.807) is 6.92 Å². The van der Waals surface area contributed by atoms with Crippen LogP contribution in [-0.4, -0.2) is 45.1 Å². The highest BCUT2D eigenvalue weighted by Crippen LogP contribution is 2.10. The lowest BCUT2D eigenvalue weighted by Crippen LogP contribution is -2.37. The van der Waals surface area contributed by atoms with Gasteiger partial charge in [0.1, 0.15) is 6.61 Å². The summed E-state index contributed by atoms with van der Waals surface area (Å²) < 4.78 is 27.0. The Morgan fingerprint density at radius 1 is 1.41 bits per heavy atom. The molecule has 1 rings (SSSR count). The van der Waals surface area contributed by atoms with E-state index in [2.05, 4.69) is 19.2 Å². The minimum atomic E-state index is -2.92. The molecule has 0 saturated carbocycles. The molecule has 6 heteroatoms. The standard InChI is InChI=1S/C8H15NO4S.C3H8.H2/c1-2-13-5-8(10)9-7-3-4-14(11,12)6-7;1-3-2;/h7H,2-6H2,1H3,(H,9,10);3H2,1-2H3;1H. The van der Waals surface area contributed by atoms with Crippen LogP contribution in [0.4, 0.5) is 0 Å². The Hall–Kier alpha value is -0.620. The molecule has 0 radical (unpaired) electrons. The number of hydrogen-bond acceptors (Lipinski definition) is 4. The number of rotatable bonds is 4. The number of carbonyl (C=O) groups is 1. The van der Waals surface area contributed by atoms with Gasteiger partial charge in [0.15, 0.2) is 9.84 Å². The van der Waals surface area contributed by atoms with Gasteiger partial charge >= 0.3 is 0 Å². The molecule has 1 aliphatic heterocycles. The van der Waals surface area contributed by atoms with Crippen molar-refractivity contribution in [2.75, 3.05) is 24.7 Å². The van der Waals surface area contributed by atoms with E-state index >= 15 is 0 Å². The molecule has 1 fully saturated rings. The van der Waals surface area contributed by atoms with E-state index < -0.39 is 9.84 Å². The van der Waals surface area contributed by atoms with E-state index in [9.17, 15) is 13.2 Å². The highest BCUT2D eigenvalue weighted by atomic mass is 32.2. The van der Waals surface area contributed by atoms with Crippen LogP contribution >= 0.6 is 0 Å². The van der Waals surface area contributed by atoms with E-state index in [1.807, 2.05) is 0 Å². The summed E-state index contributed by atoms with van der Waals surface area (Å²) in [6.45, 7) is 6.54. The van der Waals surface area contributed by atoms with E-state index in [1.165, 1.54) is 6.42 Å². The van der Waals surface area contributed by atoms with Crippen molar-refractivity contribution in [1.29, 1.82) is 0 Å². The number of carbonyl (C=O) groups excluding carboxylic acids is 1. The van der Waals surface area contributed by atoms with Gasteiger partial charge in [-0.25, -0.2) is 8.42 Å². The highest BCUT2D eigenvalue weighted by molar-refractivity contribution is 7.91. The van der Waals surface area contributed by atoms with Gasteiger partial charge in [0.05, 0.1) is 11.5 Å². The van der Waals surface area contributed by atoms with Crippen molar-refractivity contribution in [3.8, 4) is 0 Å². The Labute approximate surface area is 105 Å². The minimum absolute atomic E-state index is 0. The molecule has 1 atom stereocenters. The maximum Gasteiger partial charge on any atom is 0.246 e. The second-order valence-electron chi connectivity index (χ2n) is 4.01. The van der Waals surface area contributed by atoms with Gasteiger partial charge in [-0.3, -0.25) is 4.79 Å². The maximum atomic E-state index is 11.1. The van der Waals surface area contributed by atoms with Gasteiger partial charge in [-0.1, -0.05) is 20.3 Å². The van der Waals surface area contributed by atoms with Crippen LogP contribution < -0.4 is 5.32 Å². The fourth-order valence-corrected chi connectivity index (χ4v) is 3.05. The molecule has 0 aromatic rings. The summed E-state index contributed by atoms with van der Waals surface area (Å²) in [5, 5.41) is 2.63. The first-order chi connectivity index (χ1) is 7.95. The van der Waals surface area contributed by atoms with Gasteiger partial charge in [0, 0.05) is 14.1 Å². The van der Waals surface area contributed by atoms with Crippen molar-refractivity contribution in [1.82, 2.24) is 5.32 Å². The zero-order chi connectivity index (χ0) is 13.3. The molecule has 1 heterocycles. The lowest BCUT2D eigenvalue weighted by molar-refractivity contribution is -0.126. The molecular formula is C11H25NO4S. The largest absolute Gasteiger partial charge is 0.372 e. The van der Waals surface area contributed by atoms with Crippen LogP contribution in [0.5, 0.6) is 0 Å². The van der Waals surface area contributed by atoms with Gasteiger partial charge in [-0.15, -0.1) is 0 Å². The lowest BCUT2D eigenvalue weighted by Gasteiger charge is -2.10. The molecule has 17 heavy (non-hydrogen) atoms. The molecule has 5 nitrogen and oxygen atoms in total. The maximum absolute atomic E-state index is 11.1. The summed E-state index contributed by atoms with van der Waals surface area (Å²) in [6.07, 6.45) is 1.76. The molecule has 0 spiro atoms.